The summed E-state index contributed by atoms with van der Waals surface area (Å²) < 4.78 is 0. The maximum Gasteiger partial charge on any atom is 0.130 e. The summed E-state index contributed by atoms with van der Waals surface area (Å²) in [5, 5.41) is 1.18. The van der Waals surface area contributed by atoms with Gasteiger partial charge < -0.3 is 4.79 Å². The fourth-order valence-electron chi connectivity index (χ4n) is 1.22. The highest BCUT2D eigenvalue weighted by atomic mass is 32.1. The fraction of sp³-hybridized carbons (Fsp3) is 0.636. The van der Waals surface area contributed by atoms with Crippen LogP contribution in [0.4, 0.5) is 0 Å². The zero-order chi connectivity index (χ0) is 10.7. The SMILES string of the molecule is CC(=O)CCc1sc(C(C)C)nc1C. The Morgan fingerprint density at radius 2 is 2.14 bits per heavy atom. The second-order valence-electron chi connectivity index (χ2n) is 3.92. The molecule has 0 aromatic carbocycles. The number of Topliss-reactive ketones (excluding diaryl/α,β-unsaturated/α-hetero) is 1. The van der Waals surface area contributed by atoms with Crippen LogP contribution in [0.1, 0.15) is 48.7 Å². The molecule has 14 heavy (non-hydrogen) atoms. The van der Waals surface area contributed by atoms with E-state index in [0.717, 1.165) is 12.1 Å². The predicted octanol–water partition coefficient (Wildman–Crippen LogP) is 3.10. The Labute approximate surface area is 89.4 Å². The van der Waals surface area contributed by atoms with Crippen LogP contribution in [-0.2, 0) is 11.2 Å². The number of hydrogen-bond donors (Lipinski definition) is 0. The van der Waals surface area contributed by atoms with Crippen molar-refractivity contribution in [1.29, 1.82) is 0 Å². The van der Waals surface area contributed by atoms with Crippen LogP contribution < -0.4 is 0 Å². The second-order valence-corrected chi connectivity index (χ2v) is 5.03. The maximum absolute atomic E-state index is 10.9. The molecule has 0 N–H and O–H groups in total. The van der Waals surface area contributed by atoms with Gasteiger partial charge in [-0.3, -0.25) is 0 Å². The third-order valence-corrected chi connectivity index (χ3v) is 3.62. The van der Waals surface area contributed by atoms with Crippen molar-refractivity contribution in [2.45, 2.75) is 46.5 Å². The number of aromatic nitrogens is 1. The van der Waals surface area contributed by atoms with Gasteiger partial charge in [-0.15, -0.1) is 11.3 Å². The van der Waals surface area contributed by atoms with E-state index < -0.39 is 0 Å². The van der Waals surface area contributed by atoms with Crippen LogP contribution in [0.5, 0.6) is 0 Å². The number of aryl methyl sites for hydroxylation is 2. The molecule has 1 heterocycles. The molecule has 1 aromatic heterocycles. The zero-order valence-electron chi connectivity index (χ0n) is 9.26. The summed E-state index contributed by atoms with van der Waals surface area (Å²) in [6, 6.07) is 0. The maximum atomic E-state index is 10.9. The van der Waals surface area contributed by atoms with E-state index in [-0.39, 0.29) is 5.78 Å². The van der Waals surface area contributed by atoms with Gasteiger partial charge >= 0.3 is 0 Å². The molecule has 0 amide bonds. The molecule has 1 rings (SSSR count). The van der Waals surface area contributed by atoms with Gasteiger partial charge in [0.1, 0.15) is 5.78 Å². The molecule has 0 aliphatic heterocycles. The smallest absolute Gasteiger partial charge is 0.130 e. The van der Waals surface area contributed by atoms with E-state index >= 15 is 0 Å². The van der Waals surface area contributed by atoms with Crippen LogP contribution in [0.2, 0.25) is 0 Å². The molecule has 0 fully saturated rings. The molecule has 0 unspecified atom stereocenters. The average Bonchev–Trinajstić information content (AvgIpc) is 2.43. The molecule has 0 saturated heterocycles. The third-order valence-electron chi connectivity index (χ3n) is 2.11. The minimum Gasteiger partial charge on any atom is -0.300 e. The molecule has 0 radical (unpaired) electrons. The molecule has 0 aliphatic carbocycles. The van der Waals surface area contributed by atoms with Crippen LogP contribution in [0, 0.1) is 6.92 Å². The highest BCUT2D eigenvalue weighted by molar-refractivity contribution is 7.11. The van der Waals surface area contributed by atoms with Gasteiger partial charge in [0.15, 0.2) is 0 Å². The van der Waals surface area contributed by atoms with E-state index in [1.54, 1.807) is 18.3 Å². The Morgan fingerprint density at radius 1 is 1.50 bits per heavy atom. The summed E-state index contributed by atoms with van der Waals surface area (Å²) in [7, 11) is 0. The summed E-state index contributed by atoms with van der Waals surface area (Å²) >= 11 is 1.75. The summed E-state index contributed by atoms with van der Waals surface area (Å²) in [5.41, 5.74) is 1.10. The Balaban J connectivity index is 2.72. The lowest BCUT2D eigenvalue weighted by atomic mass is 10.2. The first-order valence-corrected chi connectivity index (χ1v) is 5.78. The molecule has 2 nitrogen and oxygen atoms in total. The zero-order valence-corrected chi connectivity index (χ0v) is 10.1. The Bertz CT molecular complexity index is 328. The normalized spacial score (nSPS) is 10.9. The fourth-order valence-corrected chi connectivity index (χ4v) is 2.29. The Kier molecular flexibility index (Phi) is 3.81. The van der Waals surface area contributed by atoms with Crippen LogP contribution in [0.25, 0.3) is 0 Å². The molecular formula is C11H17NOS. The largest absolute Gasteiger partial charge is 0.300 e. The first kappa shape index (κ1) is 11.4. The number of hydrogen-bond acceptors (Lipinski definition) is 3. The highest BCUT2D eigenvalue weighted by Crippen LogP contribution is 2.25. The van der Waals surface area contributed by atoms with E-state index in [0.29, 0.717) is 12.3 Å². The minimum atomic E-state index is 0.254. The van der Waals surface area contributed by atoms with Crippen molar-refractivity contribution in [3.05, 3.63) is 15.6 Å². The van der Waals surface area contributed by atoms with Gasteiger partial charge in [0, 0.05) is 17.2 Å². The lowest BCUT2D eigenvalue weighted by molar-refractivity contribution is -0.116. The van der Waals surface area contributed by atoms with E-state index in [2.05, 4.69) is 18.8 Å². The molecule has 3 heteroatoms. The minimum absolute atomic E-state index is 0.254. The lowest BCUT2D eigenvalue weighted by Crippen LogP contribution is -1.93. The van der Waals surface area contributed by atoms with Crippen molar-refractivity contribution in [2.75, 3.05) is 0 Å². The number of carbonyl (C=O) groups is 1. The Hall–Kier alpha value is -0.700. The van der Waals surface area contributed by atoms with Crippen LogP contribution >= 0.6 is 11.3 Å². The van der Waals surface area contributed by atoms with Crippen molar-refractivity contribution in [2.24, 2.45) is 0 Å². The van der Waals surface area contributed by atoms with E-state index in [1.807, 2.05) is 6.92 Å². The number of rotatable bonds is 4. The van der Waals surface area contributed by atoms with E-state index in [4.69, 9.17) is 0 Å². The molecule has 0 aliphatic rings. The first-order chi connectivity index (χ1) is 6.50. The quantitative estimate of drug-likeness (QED) is 0.766. The van der Waals surface area contributed by atoms with Crippen molar-refractivity contribution in [3.63, 3.8) is 0 Å². The predicted molar refractivity (Wildman–Crippen MR) is 59.9 cm³/mol. The van der Waals surface area contributed by atoms with Crippen LogP contribution in [0.3, 0.4) is 0 Å². The average molecular weight is 211 g/mol. The summed E-state index contributed by atoms with van der Waals surface area (Å²) in [4.78, 5) is 16.6. The molecule has 0 atom stereocenters. The van der Waals surface area contributed by atoms with Crippen molar-refractivity contribution < 1.29 is 4.79 Å². The van der Waals surface area contributed by atoms with Gasteiger partial charge in [0.05, 0.1) is 10.7 Å². The second kappa shape index (κ2) is 4.69. The summed E-state index contributed by atoms with van der Waals surface area (Å²) in [5.74, 6) is 0.744. The molecule has 0 spiro atoms. The number of ketones is 1. The van der Waals surface area contributed by atoms with E-state index in [9.17, 15) is 4.79 Å². The van der Waals surface area contributed by atoms with Crippen LogP contribution in [-0.4, -0.2) is 10.8 Å². The van der Waals surface area contributed by atoms with Crippen LogP contribution in [0.15, 0.2) is 0 Å². The number of thiazole rings is 1. The van der Waals surface area contributed by atoms with Gasteiger partial charge in [-0.25, -0.2) is 4.98 Å². The van der Waals surface area contributed by atoms with E-state index in [1.165, 1.54) is 9.88 Å². The topological polar surface area (TPSA) is 30.0 Å². The molecule has 1 aromatic rings. The highest BCUT2D eigenvalue weighted by Gasteiger charge is 2.10. The van der Waals surface area contributed by atoms with Gasteiger partial charge in [0.2, 0.25) is 0 Å². The molecule has 0 bridgehead atoms. The monoisotopic (exact) mass is 211 g/mol. The standard InChI is InChI=1S/C11H17NOS/c1-7(2)11-12-9(4)10(14-11)6-5-8(3)13/h7H,5-6H2,1-4H3. The lowest BCUT2D eigenvalue weighted by Gasteiger charge is -1.95. The van der Waals surface area contributed by atoms with Gasteiger partial charge in [-0.1, -0.05) is 13.8 Å². The third kappa shape index (κ3) is 2.91. The number of carbonyl (C=O) groups excluding carboxylic acids is 1. The van der Waals surface area contributed by atoms with Crippen molar-refractivity contribution in [1.82, 2.24) is 4.98 Å². The van der Waals surface area contributed by atoms with Crippen molar-refractivity contribution in [3.8, 4) is 0 Å². The summed E-state index contributed by atoms with van der Waals surface area (Å²) in [6.45, 7) is 7.96. The molecular weight excluding hydrogens is 194 g/mol. The van der Waals surface area contributed by atoms with Gasteiger partial charge in [-0.2, -0.15) is 0 Å². The molecule has 78 valence electrons. The van der Waals surface area contributed by atoms with Crippen molar-refractivity contribution >= 4 is 17.1 Å². The van der Waals surface area contributed by atoms with Gasteiger partial charge in [-0.05, 0) is 20.3 Å². The number of nitrogens with zero attached hydrogens (tertiary/aromatic N) is 1. The van der Waals surface area contributed by atoms with Gasteiger partial charge in [0.25, 0.3) is 0 Å². The summed E-state index contributed by atoms with van der Waals surface area (Å²) in [6.07, 6.45) is 1.49. The molecule has 0 saturated carbocycles. The Morgan fingerprint density at radius 3 is 2.57 bits per heavy atom. The first-order valence-electron chi connectivity index (χ1n) is 4.96.